The number of ether oxygens (including phenoxy) is 1. The Balaban J connectivity index is 1.69. The number of carboxylic acids is 1. The molecule has 1 saturated heterocycles. The van der Waals surface area contributed by atoms with Crippen molar-refractivity contribution in [1.82, 2.24) is 24.5 Å². The minimum absolute atomic E-state index is 0.119. The Hall–Kier alpha value is -4.11. The van der Waals surface area contributed by atoms with Crippen LogP contribution in [0.3, 0.4) is 0 Å². The number of hydrogen-bond acceptors (Lipinski definition) is 5. The van der Waals surface area contributed by atoms with E-state index in [1.165, 1.54) is 18.3 Å². The van der Waals surface area contributed by atoms with Crippen LogP contribution in [0.25, 0.3) is 33.2 Å². The van der Waals surface area contributed by atoms with Gasteiger partial charge in [-0.15, -0.1) is 5.10 Å². The van der Waals surface area contributed by atoms with Gasteiger partial charge in [-0.05, 0) is 61.6 Å². The molecule has 188 valence electrons. The van der Waals surface area contributed by atoms with E-state index in [-0.39, 0.29) is 23.3 Å². The third-order valence-corrected chi connectivity index (χ3v) is 7.36. The molecule has 1 atom stereocenters. The summed E-state index contributed by atoms with van der Waals surface area (Å²) in [5.74, 6) is -1.13. The van der Waals surface area contributed by atoms with Crippen molar-refractivity contribution in [2.45, 2.75) is 25.8 Å². The summed E-state index contributed by atoms with van der Waals surface area (Å²) in [6.07, 6.45) is 3.07. The summed E-state index contributed by atoms with van der Waals surface area (Å²) in [7, 11) is 1.86. The smallest absolute Gasteiger partial charge is 0.337 e. The van der Waals surface area contributed by atoms with E-state index >= 15 is 0 Å². The number of nitrogens with zero attached hydrogens (tertiary/aromatic N) is 5. The van der Waals surface area contributed by atoms with Crippen LogP contribution in [0.4, 0.5) is 4.39 Å². The fraction of sp³-hybridized carbons (Fsp3) is 0.286. The fourth-order valence-electron chi connectivity index (χ4n) is 5.65. The molecule has 1 N–H and O–H groups in total. The fourth-order valence-corrected chi connectivity index (χ4v) is 5.65. The van der Waals surface area contributed by atoms with E-state index in [0.717, 1.165) is 57.3 Å². The van der Waals surface area contributed by atoms with Crippen LogP contribution in [0.5, 0.6) is 0 Å². The summed E-state index contributed by atoms with van der Waals surface area (Å²) in [5.41, 5.74) is 6.12. The Labute approximate surface area is 212 Å². The molecule has 2 aromatic carbocycles. The number of aryl methyl sites for hydroxylation is 2. The van der Waals surface area contributed by atoms with E-state index in [0.29, 0.717) is 13.2 Å². The topological polar surface area (TPSA) is 95.1 Å². The van der Waals surface area contributed by atoms with Gasteiger partial charge < -0.3 is 14.4 Å². The van der Waals surface area contributed by atoms with Crippen molar-refractivity contribution in [1.29, 1.82) is 0 Å². The van der Waals surface area contributed by atoms with Gasteiger partial charge >= 0.3 is 5.97 Å². The molecular formula is C28H26FN5O3. The number of carboxylic acid groups (broad SMARTS) is 1. The predicted molar refractivity (Wildman–Crippen MR) is 137 cm³/mol. The molecule has 0 spiro atoms. The monoisotopic (exact) mass is 499 g/mol. The predicted octanol–water partition coefficient (Wildman–Crippen LogP) is 5.15. The summed E-state index contributed by atoms with van der Waals surface area (Å²) in [5, 5.41) is 19.0. The SMILES string of the molecule is Cc1nnn(C)c1-c1ccc2c3ncc(C(=O)O)cc3n(C(c3ccc(F)cc3)C3CCOCC3)c2c1. The number of halogens is 1. The van der Waals surface area contributed by atoms with Gasteiger partial charge in [0.05, 0.1) is 39.5 Å². The number of hydrogen-bond donors (Lipinski definition) is 1. The second-order valence-electron chi connectivity index (χ2n) is 9.59. The molecule has 9 heteroatoms. The molecule has 6 rings (SSSR count). The quantitative estimate of drug-likeness (QED) is 0.360. The second-order valence-corrected chi connectivity index (χ2v) is 9.59. The van der Waals surface area contributed by atoms with E-state index in [1.54, 1.807) is 10.7 Å². The molecule has 0 amide bonds. The van der Waals surface area contributed by atoms with Crippen LogP contribution in [0.15, 0.2) is 54.7 Å². The highest BCUT2D eigenvalue weighted by molar-refractivity contribution is 6.08. The molecule has 3 aromatic heterocycles. The summed E-state index contributed by atoms with van der Waals surface area (Å²) in [6, 6.07) is 14.3. The van der Waals surface area contributed by atoms with Gasteiger partial charge in [-0.25, -0.2) is 13.9 Å². The maximum Gasteiger partial charge on any atom is 0.337 e. The van der Waals surface area contributed by atoms with E-state index in [4.69, 9.17) is 4.74 Å². The van der Waals surface area contributed by atoms with Crippen molar-refractivity contribution in [3.63, 3.8) is 0 Å². The van der Waals surface area contributed by atoms with Crippen molar-refractivity contribution in [3.8, 4) is 11.3 Å². The number of carbonyl (C=O) groups is 1. The number of pyridine rings is 1. The molecule has 5 aromatic rings. The van der Waals surface area contributed by atoms with Crippen molar-refractivity contribution >= 4 is 27.9 Å². The van der Waals surface area contributed by atoms with Crippen LogP contribution in [0.1, 0.15) is 40.5 Å². The highest BCUT2D eigenvalue weighted by Crippen LogP contribution is 2.41. The molecule has 4 heterocycles. The number of rotatable bonds is 5. The van der Waals surface area contributed by atoms with E-state index in [1.807, 2.05) is 38.2 Å². The first-order chi connectivity index (χ1) is 17.9. The lowest BCUT2D eigenvalue weighted by Crippen LogP contribution is -2.27. The molecule has 0 radical (unpaired) electrons. The van der Waals surface area contributed by atoms with Gasteiger partial charge in [0.15, 0.2) is 0 Å². The minimum atomic E-state index is -1.03. The number of benzene rings is 2. The zero-order valence-corrected chi connectivity index (χ0v) is 20.6. The van der Waals surface area contributed by atoms with Gasteiger partial charge in [0.1, 0.15) is 5.82 Å². The van der Waals surface area contributed by atoms with Gasteiger partial charge in [0, 0.05) is 37.4 Å². The zero-order valence-electron chi connectivity index (χ0n) is 20.6. The first-order valence-electron chi connectivity index (χ1n) is 12.3. The minimum Gasteiger partial charge on any atom is -0.478 e. The highest BCUT2D eigenvalue weighted by Gasteiger charge is 2.30. The molecule has 1 aliphatic heterocycles. The van der Waals surface area contributed by atoms with Crippen molar-refractivity contribution in [2.24, 2.45) is 13.0 Å². The lowest BCUT2D eigenvalue weighted by Gasteiger charge is -2.33. The van der Waals surface area contributed by atoms with Crippen LogP contribution >= 0.6 is 0 Å². The molecule has 1 fully saturated rings. The largest absolute Gasteiger partial charge is 0.478 e. The maximum atomic E-state index is 14.0. The first kappa shape index (κ1) is 23.3. The van der Waals surface area contributed by atoms with Crippen LogP contribution in [-0.4, -0.2) is 48.8 Å². The Morgan fingerprint density at radius 3 is 2.54 bits per heavy atom. The molecular weight excluding hydrogens is 473 g/mol. The average Bonchev–Trinajstić information content (AvgIpc) is 3.41. The molecule has 0 aliphatic carbocycles. The third-order valence-electron chi connectivity index (χ3n) is 7.36. The molecule has 0 saturated carbocycles. The lowest BCUT2D eigenvalue weighted by molar-refractivity contribution is 0.0552. The van der Waals surface area contributed by atoms with Crippen LogP contribution in [-0.2, 0) is 11.8 Å². The number of aromatic carboxylic acids is 1. The average molecular weight is 500 g/mol. The van der Waals surface area contributed by atoms with Crippen LogP contribution in [0.2, 0.25) is 0 Å². The molecule has 37 heavy (non-hydrogen) atoms. The van der Waals surface area contributed by atoms with Gasteiger partial charge in [0.2, 0.25) is 0 Å². The second kappa shape index (κ2) is 9.08. The summed E-state index contributed by atoms with van der Waals surface area (Å²) >= 11 is 0. The molecule has 1 aliphatic rings. The van der Waals surface area contributed by atoms with Crippen molar-refractivity contribution < 1.29 is 19.0 Å². The van der Waals surface area contributed by atoms with E-state index in [9.17, 15) is 14.3 Å². The third kappa shape index (κ3) is 3.95. The van der Waals surface area contributed by atoms with Gasteiger partial charge in [-0.2, -0.15) is 0 Å². The van der Waals surface area contributed by atoms with E-state index in [2.05, 4.69) is 25.9 Å². The Kier molecular flexibility index (Phi) is 5.72. The molecule has 1 unspecified atom stereocenters. The van der Waals surface area contributed by atoms with Crippen LogP contribution in [0, 0.1) is 18.7 Å². The first-order valence-corrected chi connectivity index (χ1v) is 12.3. The van der Waals surface area contributed by atoms with Gasteiger partial charge in [-0.1, -0.05) is 23.4 Å². The standard InChI is InChI=1S/C28H26FN5O3/c1-16-26(33(2)32-31-16)19-5-8-22-23(13-19)34(24-14-20(28(35)36)15-30-25(22)24)27(18-9-11-37-12-10-18)17-3-6-21(29)7-4-17/h3-8,13-15,18,27H,9-12H2,1-2H3,(H,35,36). The Bertz CT molecular complexity index is 1610. The zero-order chi connectivity index (χ0) is 25.7. The summed E-state index contributed by atoms with van der Waals surface area (Å²) in [6.45, 7) is 3.21. The Morgan fingerprint density at radius 2 is 1.86 bits per heavy atom. The normalized spacial score (nSPS) is 15.4. The summed E-state index contributed by atoms with van der Waals surface area (Å²) < 4.78 is 23.6. The van der Waals surface area contributed by atoms with Gasteiger partial charge in [-0.3, -0.25) is 4.98 Å². The Morgan fingerprint density at radius 1 is 1.11 bits per heavy atom. The van der Waals surface area contributed by atoms with Gasteiger partial charge in [0.25, 0.3) is 0 Å². The maximum absolute atomic E-state index is 14.0. The van der Waals surface area contributed by atoms with Crippen molar-refractivity contribution in [2.75, 3.05) is 13.2 Å². The molecule has 0 bridgehead atoms. The number of fused-ring (bicyclic) bond motifs is 3. The highest BCUT2D eigenvalue weighted by atomic mass is 19.1. The molecule has 8 nitrogen and oxygen atoms in total. The van der Waals surface area contributed by atoms with E-state index < -0.39 is 5.97 Å². The van der Waals surface area contributed by atoms with Crippen molar-refractivity contribution in [3.05, 3.63) is 77.4 Å². The van der Waals surface area contributed by atoms with Crippen LogP contribution < -0.4 is 0 Å². The number of aromatic nitrogens is 5. The lowest BCUT2D eigenvalue weighted by atomic mass is 9.86. The summed E-state index contributed by atoms with van der Waals surface area (Å²) in [4.78, 5) is 16.5.